The maximum absolute atomic E-state index is 12.7. The standard InChI is InChI=1S/C21H26N2O2S/c24-20(17-19-7-4-16-26-19)22-10-8-21(9-11-22,18-5-2-1-3-6-18)23-12-14-25-15-13-23/h1-7,16H,8-15,17H2. The number of piperidine rings is 1. The second-order valence-electron chi connectivity index (χ2n) is 7.13. The summed E-state index contributed by atoms with van der Waals surface area (Å²) < 4.78 is 5.58. The molecule has 0 aliphatic carbocycles. The molecular formula is C21H26N2O2S. The van der Waals surface area contributed by atoms with Crippen LogP contribution in [0.15, 0.2) is 47.8 Å². The van der Waals surface area contributed by atoms with Gasteiger partial charge < -0.3 is 9.64 Å². The largest absolute Gasteiger partial charge is 0.379 e. The van der Waals surface area contributed by atoms with Crippen LogP contribution in [0.1, 0.15) is 23.3 Å². The molecule has 2 aliphatic rings. The highest BCUT2D eigenvalue weighted by Gasteiger charge is 2.42. The van der Waals surface area contributed by atoms with Crippen LogP contribution in [0.5, 0.6) is 0 Å². The van der Waals surface area contributed by atoms with E-state index in [1.54, 1.807) is 11.3 Å². The Morgan fingerprint density at radius 2 is 1.73 bits per heavy atom. The number of likely N-dealkylation sites (tertiary alicyclic amines) is 1. The summed E-state index contributed by atoms with van der Waals surface area (Å²) in [6.45, 7) is 5.20. The van der Waals surface area contributed by atoms with E-state index in [0.717, 1.165) is 57.1 Å². The van der Waals surface area contributed by atoms with E-state index < -0.39 is 0 Å². The minimum Gasteiger partial charge on any atom is -0.379 e. The van der Waals surface area contributed by atoms with E-state index in [9.17, 15) is 4.79 Å². The number of benzene rings is 1. The highest BCUT2D eigenvalue weighted by Crippen LogP contribution is 2.39. The van der Waals surface area contributed by atoms with Gasteiger partial charge in [0.2, 0.25) is 5.91 Å². The maximum atomic E-state index is 12.7. The van der Waals surface area contributed by atoms with E-state index in [1.165, 1.54) is 5.56 Å². The molecule has 4 rings (SSSR count). The van der Waals surface area contributed by atoms with Crippen molar-refractivity contribution in [2.24, 2.45) is 0 Å². The van der Waals surface area contributed by atoms with Crippen LogP contribution in [0.4, 0.5) is 0 Å². The Bertz CT molecular complexity index is 703. The molecule has 1 amide bonds. The van der Waals surface area contributed by atoms with E-state index in [1.807, 2.05) is 11.4 Å². The van der Waals surface area contributed by atoms with Crippen molar-refractivity contribution in [1.82, 2.24) is 9.80 Å². The van der Waals surface area contributed by atoms with Crippen LogP contribution < -0.4 is 0 Å². The normalized spacial score (nSPS) is 20.8. The van der Waals surface area contributed by atoms with E-state index in [2.05, 4.69) is 46.2 Å². The van der Waals surface area contributed by atoms with Gasteiger partial charge in [-0.15, -0.1) is 11.3 Å². The van der Waals surface area contributed by atoms with E-state index >= 15 is 0 Å². The quantitative estimate of drug-likeness (QED) is 0.829. The summed E-state index contributed by atoms with van der Waals surface area (Å²) in [5, 5.41) is 2.04. The van der Waals surface area contributed by atoms with Gasteiger partial charge >= 0.3 is 0 Å². The molecule has 1 aromatic heterocycles. The molecule has 0 atom stereocenters. The van der Waals surface area contributed by atoms with Crippen molar-refractivity contribution in [2.75, 3.05) is 39.4 Å². The lowest BCUT2D eigenvalue weighted by Gasteiger charge is -2.50. The Hall–Kier alpha value is -1.69. The zero-order valence-electron chi connectivity index (χ0n) is 15.1. The van der Waals surface area contributed by atoms with Crippen LogP contribution in [-0.2, 0) is 21.5 Å². The van der Waals surface area contributed by atoms with Crippen LogP contribution in [0.25, 0.3) is 0 Å². The number of thiophene rings is 1. The third-order valence-corrected chi connectivity index (χ3v) is 6.65. The Balaban J connectivity index is 1.49. The van der Waals surface area contributed by atoms with Crippen molar-refractivity contribution < 1.29 is 9.53 Å². The second kappa shape index (κ2) is 7.91. The molecule has 5 heteroatoms. The Labute approximate surface area is 159 Å². The first-order valence-corrected chi connectivity index (χ1v) is 10.3. The average molecular weight is 371 g/mol. The van der Waals surface area contributed by atoms with Crippen LogP contribution in [-0.4, -0.2) is 55.1 Å². The van der Waals surface area contributed by atoms with Crippen molar-refractivity contribution in [1.29, 1.82) is 0 Å². The highest BCUT2D eigenvalue weighted by molar-refractivity contribution is 7.10. The van der Waals surface area contributed by atoms with Gasteiger partial charge in [-0.05, 0) is 29.9 Å². The monoisotopic (exact) mass is 370 g/mol. The van der Waals surface area contributed by atoms with Gasteiger partial charge in [0, 0.05) is 36.6 Å². The minimum atomic E-state index is 0.0325. The summed E-state index contributed by atoms with van der Waals surface area (Å²) >= 11 is 1.67. The molecule has 0 spiro atoms. The van der Waals surface area contributed by atoms with Crippen molar-refractivity contribution in [2.45, 2.75) is 24.8 Å². The predicted molar refractivity (Wildman–Crippen MR) is 104 cm³/mol. The number of nitrogens with zero attached hydrogens (tertiary/aromatic N) is 2. The Morgan fingerprint density at radius 3 is 2.38 bits per heavy atom. The molecule has 2 fully saturated rings. The minimum absolute atomic E-state index is 0.0325. The molecular weight excluding hydrogens is 344 g/mol. The van der Waals surface area contributed by atoms with Crippen molar-refractivity contribution in [3.8, 4) is 0 Å². The number of hydrogen-bond donors (Lipinski definition) is 0. The summed E-state index contributed by atoms with van der Waals surface area (Å²) in [4.78, 5) is 18.5. The zero-order chi connectivity index (χ0) is 17.8. The first-order valence-electron chi connectivity index (χ1n) is 9.46. The summed E-state index contributed by atoms with van der Waals surface area (Å²) in [5.41, 5.74) is 1.41. The van der Waals surface area contributed by atoms with E-state index in [4.69, 9.17) is 4.74 Å². The maximum Gasteiger partial charge on any atom is 0.227 e. The first kappa shape index (κ1) is 17.7. The molecule has 2 aliphatic heterocycles. The second-order valence-corrected chi connectivity index (χ2v) is 8.17. The molecule has 0 radical (unpaired) electrons. The van der Waals surface area contributed by atoms with Gasteiger partial charge in [0.1, 0.15) is 0 Å². The first-order chi connectivity index (χ1) is 12.8. The Kier molecular flexibility index (Phi) is 5.38. The van der Waals surface area contributed by atoms with Gasteiger partial charge in [-0.25, -0.2) is 0 Å². The fourth-order valence-electron chi connectivity index (χ4n) is 4.33. The van der Waals surface area contributed by atoms with Crippen molar-refractivity contribution in [3.63, 3.8) is 0 Å². The molecule has 26 heavy (non-hydrogen) atoms. The molecule has 2 aromatic rings. The smallest absolute Gasteiger partial charge is 0.227 e. The predicted octanol–water partition coefficient (Wildman–Crippen LogP) is 3.14. The van der Waals surface area contributed by atoms with Crippen molar-refractivity contribution >= 4 is 17.2 Å². The van der Waals surface area contributed by atoms with Crippen LogP contribution in [0, 0.1) is 0 Å². The summed E-state index contributed by atoms with van der Waals surface area (Å²) in [7, 11) is 0. The number of morpholine rings is 1. The van der Waals surface area contributed by atoms with Gasteiger partial charge in [0.05, 0.1) is 19.6 Å². The molecule has 4 nitrogen and oxygen atoms in total. The number of amides is 1. The fraction of sp³-hybridized carbons (Fsp3) is 0.476. The van der Waals surface area contributed by atoms with Gasteiger partial charge in [-0.2, -0.15) is 0 Å². The van der Waals surface area contributed by atoms with E-state index in [0.29, 0.717) is 6.42 Å². The van der Waals surface area contributed by atoms with Crippen LogP contribution >= 0.6 is 11.3 Å². The Morgan fingerprint density at radius 1 is 1.00 bits per heavy atom. The molecule has 0 bridgehead atoms. The van der Waals surface area contributed by atoms with Crippen molar-refractivity contribution in [3.05, 3.63) is 58.3 Å². The summed E-state index contributed by atoms with van der Waals surface area (Å²) in [6.07, 6.45) is 2.52. The number of carbonyl (C=O) groups is 1. The number of hydrogen-bond acceptors (Lipinski definition) is 4. The van der Waals surface area contributed by atoms with Gasteiger partial charge in [0.25, 0.3) is 0 Å². The summed E-state index contributed by atoms with van der Waals surface area (Å²) in [6, 6.07) is 14.9. The fourth-order valence-corrected chi connectivity index (χ4v) is 5.02. The molecule has 0 saturated carbocycles. The third kappa shape index (κ3) is 3.56. The lowest BCUT2D eigenvalue weighted by atomic mass is 9.79. The van der Waals surface area contributed by atoms with Gasteiger partial charge in [0.15, 0.2) is 0 Å². The van der Waals surface area contributed by atoms with Crippen LogP contribution in [0.2, 0.25) is 0 Å². The van der Waals surface area contributed by atoms with Gasteiger partial charge in [-0.3, -0.25) is 9.69 Å². The topological polar surface area (TPSA) is 32.8 Å². The lowest BCUT2D eigenvalue weighted by Crippen LogP contribution is -2.57. The molecule has 3 heterocycles. The average Bonchev–Trinajstić information content (AvgIpc) is 3.22. The van der Waals surface area contributed by atoms with Crippen LogP contribution in [0.3, 0.4) is 0 Å². The molecule has 0 unspecified atom stereocenters. The third-order valence-electron chi connectivity index (χ3n) is 5.78. The lowest BCUT2D eigenvalue weighted by molar-refractivity contribution is -0.134. The number of carbonyl (C=O) groups excluding carboxylic acids is 1. The molecule has 1 aromatic carbocycles. The van der Waals surface area contributed by atoms with E-state index in [-0.39, 0.29) is 11.4 Å². The molecule has 2 saturated heterocycles. The molecule has 0 N–H and O–H groups in total. The number of rotatable bonds is 4. The molecule has 138 valence electrons. The highest BCUT2D eigenvalue weighted by atomic mass is 32.1. The SMILES string of the molecule is O=C(Cc1cccs1)N1CCC(c2ccccc2)(N2CCOCC2)CC1. The van der Waals surface area contributed by atoms with Gasteiger partial charge in [-0.1, -0.05) is 36.4 Å². The number of ether oxygens (including phenoxy) is 1. The summed E-state index contributed by atoms with van der Waals surface area (Å²) in [5.74, 6) is 0.260. The zero-order valence-corrected chi connectivity index (χ0v) is 15.9.